The van der Waals surface area contributed by atoms with Gasteiger partial charge >= 0.3 is 0 Å². The second-order valence-corrected chi connectivity index (χ2v) is 5.94. The highest BCUT2D eigenvalue weighted by atomic mass is 35.5. The zero-order valence-electron chi connectivity index (χ0n) is 12.4. The number of ether oxygens (including phenoxy) is 1. The standard InChI is InChI=1S/C15H17ClN4O3/c16-11-2-1-3-12(8-11)23-7-4-14(21)20-6-5-15(22,10-20)13-9-17-19-18-13/h1-3,8-9,22H,4-7,10H2,(H,17,18,19)/t15-/m0/s1. The van der Waals surface area contributed by atoms with E-state index in [4.69, 9.17) is 16.3 Å². The van der Waals surface area contributed by atoms with Gasteiger partial charge in [0, 0.05) is 18.0 Å². The molecule has 0 aliphatic carbocycles. The second kappa shape index (κ2) is 6.55. The largest absolute Gasteiger partial charge is 0.493 e. The van der Waals surface area contributed by atoms with Crippen molar-refractivity contribution in [3.8, 4) is 5.75 Å². The third kappa shape index (κ3) is 3.62. The SMILES string of the molecule is O=C(CCOc1cccc(Cl)c1)N1CC[C@@](O)(c2cn[nH]n2)C1. The van der Waals surface area contributed by atoms with Gasteiger partial charge in [-0.15, -0.1) is 0 Å². The van der Waals surface area contributed by atoms with Crippen LogP contribution < -0.4 is 4.74 Å². The van der Waals surface area contributed by atoms with Gasteiger partial charge in [0.1, 0.15) is 17.0 Å². The van der Waals surface area contributed by atoms with Gasteiger partial charge in [-0.25, -0.2) is 0 Å². The van der Waals surface area contributed by atoms with E-state index in [0.717, 1.165) is 0 Å². The molecule has 0 unspecified atom stereocenters. The van der Waals surface area contributed by atoms with Crippen LogP contribution in [0.3, 0.4) is 0 Å². The van der Waals surface area contributed by atoms with Gasteiger partial charge in [-0.05, 0) is 18.2 Å². The molecule has 23 heavy (non-hydrogen) atoms. The number of aliphatic hydroxyl groups is 1. The summed E-state index contributed by atoms with van der Waals surface area (Å²) in [6.45, 7) is 0.965. The molecule has 1 aromatic heterocycles. The number of β-amino-alcohol motifs (C(OH)–C–C–N with tert-alkyl or cyclic N) is 1. The van der Waals surface area contributed by atoms with E-state index in [2.05, 4.69) is 15.4 Å². The number of amides is 1. The lowest BCUT2D eigenvalue weighted by Crippen LogP contribution is -2.35. The van der Waals surface area contributed by atoms with Crippen LogP contribution in [-0.2, 0) is 10.4 Å². The Labute approximate surface area is 138 Å². The molecule has 1 aromatic carbocycles. The van der Waals surface area contributed by atoms with Gasteiger partial charge in [0.25, 0.3) is 0 Å². The highest BCUT2D eigenvalue weighted by Gasteiger charge is 2.41. The Hall–Kier alpha value is -2.12. The number of hydrogen-bond acceptors (Lipinski definition) is 5. The summed E-state index contributed by atoms with van der Waals surface area (Å²) >= 11 is 5.87. The summed E-state index contributed by atoms with van der Waals surface area (Å²) in [5, 5.41) is 21.2. The highest BCUT2D eigenvalue weighted by Crippen LogP contribution is 2.30. The summed E-state index contributed by atoms with van der Waals surface area (Å²) in [6, 6.07) is 7.03. The summed E-state index contributed by atoms with van der Waals surface area (Å²) in [4.78, 5) is 13.8. The Morgan fingerprint density at radius 3 is 3.13 bits per heavy atom. The fraction of sp³-hybridized carbons (Fsp3) is 0.400. The highest BCUT2D eigenvalue weighted by molar-refractivity contribution is 6.30. The van der Waals surface area contributed by atoms with Crippen molar-refractivity contribution in [2.24, 2.45) is 0 Å². The van der Waals surface area contributed by atoms with Gasteiger partial charge in [0.2, 0.25) is 5.91 Å². The van der Waals surface area contributed by atoms with Crippen molar-refractivity contribution in [2.45, 2.75) is 18.4 Å². The van der Waals surface area contributed by atoms with Crippen LogP contribution in [0.15, 0.2) is 30.5 Å². The maximum atomic E-state index is 12.2. The summed E-state index contributed by atoms with van der Waals surface area (Å²) in [7, 11) is 0. The summed E-state index contributed by atoms with van der Waals surface area (Å²) in [6.07, 6.45) is 2.16. The topological polar surface area (TPSA) is 91.3 Å². The molecule has 122 valence electrons. The van der Waals surface area contributed by atoms with Crippen LogP contribution in [-0.4, -0.2) is 51.0 Å². The number of rotatable bonds is 5. The monoisotopic (exact) mass is 336 g/mol. The Morgan fingerprint density at radius 1 is 1.52 bits per heavy atom. The molecule has 2 heterocycles. The van der Waals surface area contributed by atoms with E-state index in [0.29, 0.717) is 29.4 Å². The summed E-state index contributed by atoms with van der Waals surface area (Å²) < 4.78 is 5.52. The van der Waals surface area contributed by atoms with Crippen molar-refractivity contribution in [3.05, 3.63) is 41.2 Å². The number of nitrogens with zero attached hydrogens (tertiary/aromatic N) is 3. The number of aromatic nitrogens is 3. The molecular formula is C15H17ClN4O3. The maximum Gasteiger partial charge on any atom is 0.226 e. The van der Waals surface area contributed by atoms with Crippen molar-refractivity contribution in [1.29, 1.82) is 0 Å². The first-order valence-corrected chi connectivity index (χ1v) is 7.69. The lowest BCUT2D eigenvalue weighted by molar-refractivity contribution is -0.131. The molecule has 2 aromatic rings. The number of hydrogen-bond donors (Lipinski definition) is 2. The van der Waals surface area contributed by atoms with Crippen LogP contribution in [0.5, 0.6) is 5.75 Å². The number of carbonyl (C=O) groups is 1. The molecule has 1 amide bonds. The van der Waals surface area contributed by atoms with Gasteiger partial charge in [-0.3, -0.25) is 4.79 Å². The third-order valence-electron chi connectivity index (χ3n) is 3.87. The molecule has 3 rings (SSSR count). The van der Waals surface area contributed by atoms with Gasteiger partial charge < -0.3 is 14.7 Å². The molecule has 0 bridgehead atoms. The average Bonchev–Trinajstić information content (AvgIpc) is 3.17. The van der Waals surface area contributed by atoms with Crippen molar-refractivity contribution in [3.63, 3.8) is 0 Å². The first kappa shape index (κ1) is 15.8. The van der Waals surface area contributed by atoms with E-state index in [1.807, 2.05) is 0 Å². The predicted octanol–water partition coefficient (Wildman–Crippen LogP) is 1.35. The minimum atomic E-state index is -1.13. The molecule has 7 nitrogen and oxygen atoms in total. The molecule has 0 spiro atoms. The van der Waals surface area contributed by atoms with E-state index in [1.165, 1.54) is 6.20 Å². The molecule has 8 heteroatoms. The first-order valence-electron chi connectivity index (χ1n) is 7.32. The van der Waals surface area contributed by atoms with Crippen molar-refractivity contribution in [1.82, 2.24) is 20.3 Å². The molecular weight excluding hydrogens is 320 g/mol. The molecule has 1 aliphatic heterocycles. The van der Waals surface area contributed by atoms with E-state index in [1.54, 1.807) is 29.2 Å². The lowest BCUT2D eigenvalue weighted by Gasteiger charge is -2.21. The number of benzene rings is 1. The molecule has 0 saturated carbocycles. The zero-order valence-corrected chi connectivity index (χ0v) is 13.2. The summed E-state index contributed by atoms with van der Waals surface area (Å²) in [5.74, 6) is 0.567. The van der Waals surface area contributed by atoms with E-state index in [9.17, 15) is 9.90 Å². The van der Waals surface area contributed by atoms with Gasteiger partial charge in [-0.2, -0.15) is 15.4 Å². The van der Waals surface area contributed by atoms with Crippen molar-refractivity contribution in [2.75, 3.05) is 19.7 Å². The Bertz CT molecular complexity index is 679. The Kier molecular flexibility index (Phi) is 4.49. The number of aromatic amines is 1. The number of halogens is 1. The Morgan fingerprint density at radius 2 is 2.39 bits per heavy atom. The lowest BCUT2D eigenvalue weighted by atomic mass is 10.0. The molecule has 1 aliphatic rings. The van der Waals surface area contributed by atoms with Crippen LogP contribution >= 0.6 is 11.6 Å². The number of H-pyrrole nitrogens is 1. The molecule has 0 radical (unpaired) electrons. The van der Waals surface area contributed by atoms with E-state index in [-0.39, 0.29) is 25.5 Å². The number of nitrogens with one attached hydrogen (secondary N) is 1. The van der Waals surface area contributed by atoms with Crippen LogP contribution in [0, 0.1) is 0 Å². The summed E-state index contributed by atoms with van der Waals surface area (Å²) in [5.41, 5.74) is -0.667. The van der Waals surface area contributed by atoms with E-state index < -0.39 is 5.60 Å². The smallest absolute Gasteiger partial charge is 0.226 e. The molecule has 2 N–H and O–H groups in total. The predicted molar refractivity (Wildman–Crippen MR) is 83.0 cm³/mol. The fourth-order valence-corrected chi connectivity index (χ4v) is 2.79. The number of likely N-dealkylation sites (tertiary alicyclic amines) is 1. The minimum Gasteiger partial charge on any atom is -0.493 e. The molecule has 1 atom stereocenters. The minimum absolute atomic E-state index is 0.0635. The third-order valence-corrected chi connectivity index (χ3v) is 4.11. The van der Waals surface area contributed by atoms with Gasteiger partial charge in [-0.1, -0.05) is 17.7 Å². The van der Waals surface area contributed by atoms with Crippen LogP contribution in [0.2, 0.25) is 5.02 Å². The molecule has 1 fully saturated rings. The van der Waals surface area contributed by atoms with Crippen molar-refractivity contribution < 1.29 is 14.6 Å². The quantitative estimate of drug-likeness (QED) is 0.860. The van der Waals surface area contributed by atoms with Gasteiger partial charge in [0.15, 0.2) is 0 Å². The van der Waals surface area contributed by atoms with Crippen LogP contribution in [0.4, 0.5) is 0 Å². The normalized spacial score (nSPS) is 20.7. The zero-order chi connectivity index (χ0) is 16.3. The molecule has 1 saturated heterocycles. The maximum absolute atomic E-state index is 12.2. The van der Waals surface area contributed by atoms with Gasteiger partial charge in [0.05, 0.1) is 25.8 Å². The first-order chi connectivity index (χ1) is 11.1. The second-order valence-electron chi connectivity index (χ2n) is 5.51. The van der Waals surface area contributed by atoms with E-state index >= 15 is 0 Å². The van der Waals surface area contributed by atoms with Crippen molar-refractivity contribution >= 4 is 17.5 Å². The Balaban J connectivity index is 1.50. The average molecular weight is 337 g/mol. The van der Waals surface area contributed by atoms with Crippen LogP contribution in [0.25, 0.3) is 0 Å². The van der Waals surface area contributed by atoms with Crippen LogP contribution in [0.1, 0.15) is 18.5 Å². The number of carbonyl (C=O) groups excluding carboxylic acids is 1. The fourth-order valence-electron chi connectivity index (χ4n) is 2.61.